The second-order valence-corrected chi connectivity index (χ2v) is 4.73. The van der Waals surface area contributed by atoms with Crippen LogP contribution in [0.1, 0.15) is 18.4 Å². The molecule has 1 aromatic carbocycles. The first-order chi connectivity index (χ1) is 9.83. The van der Waals surface area contributed by atoms with Crippen LogP contribution in [0.5, 0.6) is 5.75 Å². The third-order valence-corrected chi connectivity index (χ3v) is 3.13. The van der Waals surface area contributed by atoms with Crippen molar-refractivity contribution in [2.24, 2.45) is 11.7 Å². The number of para-hydroxylation sites is 1. The molecule has 0 aliphatic heterocycles. The number of carbonyl (C=O) groups is 1. The maximum absolute atomic E-state index is 12.4. The van der Waals surface area contributed by atoms with Gasteiger partial charge in [-0.2, -0.15) is 0 Å². The van der Waals surface area contributed by atoms with Crippen LogP contribution in [-0.2, 0) is 4.79 Å². The molecule has 7 heteroatoms. The van der Waals surface area contributed by atoms with Gasteiger partial charge in [0.1, 0.15) is 5.75 Å². The van der Waals surface area contributed by atoms with Crippen molar-refractivity contribution in [3.63, 3.8) is 0 Å². The molecule has 1 fully saturated rings. The molecular formula is C14H14F3NO3. The van der Waals surface area contributed by atoms with Crippen molar-refractivity contribution in [1.29, 1.82) is 0 Å². The summed E-state index contributed by atoms with van der Waals surface area (Å²) in [6, 6.07) is 5.25. The smallest absolute Gasteiger partial charge is 0.405 e. The fraction of sp³-hybridized carbons (Fsp3) is 0.357. The maximum atomic E-state index is 12.4. The molecule has 1 aliphatic carbocycles. The predicted molar refractivity (Wildman–Crippen MR) is 69.0 cm³/mol. The highest BCUT2D eigenvalue weighted by molar-refractivity contribution is 6.05. The van der Waals surface area contributed by atoms with E-state index in [0.29, 0.717) is 12.8 Å². The Hall–Kier alpha value is -2.02. The molecule has 0 saturated heterocycles. The lowest BCUT2D eigenvalue weighted by Gasteiger charge is -2.15. The Morgan fingerprint density at radius 2 is 1.95 bits per heavy atom. The Morgan fingerprint density at radius 3 is 2.48 bits per heavy atom. The molecule has 0 amide bonds. The monoisotopic (exact) mass is 301 g/mol. The molecule has 0 atom stereocenters. The number of ether oxygens (including phenoxy) is 1. The summed E-state index contributed by atoms with van der Waals surface area (Å²) in [5.74, 6) is -1.02. The van der Waals surface area contributed by atoms with Gasteiger partial charge >= 0.3 is 6.36 Å². The van der Waals surface area contributed by atoms with Crippen LogP contribution in [0.4, 0.5) is 13.2 Å². The fourth-order valence-electron chi connectivity index (χ4n) is 1.95. The molecule has 0 radical (unpaired) electrons. The van der Waals surface area contributed by atoms with E-state index >= 15 is 0 Å². The molecular weight excluding hydrogens is 287 g/mol. The summed E-state index contributed by atoms with van der Waals surface area (Å²) in [5, 5.41) is 9.31. The van der Waals surface area contributed by atoms with Gasteiger partial charge in [0.25, 0.3) is 0 Å². The first-order valence-corrected chi connectivity index (χ1v) is 6.32. The summed E-state index contributed by atoms with van der Waals surface area (Å²) in [7, 11) is 0. The van der Waals surface area contributed by atoms with E-state index in [1.54, 1.807) is 0 Å². The number of alkyl halides is 3. The number of benzene rings is 1. The molecule has 0 spiro atoms. The average Bonchev–Trinajstić information content (AvgIpc) is 3.22. The van der Waals surface area contributed by atoms with E-state index in [4.69, 9.17) is 5.73 Å². The SMILES string of the molecule is NC(=C(CO)C(=O)C1CC1)c1ccccc1OC(F)(F)F. The van der Waals surface area contributed by atoms with E-state index < -0.39 is 18.7 Å². The lowest BCUT2D eigenvalue weighted by molar-refractivity contribution is -0.274. The minimum Gasteiger partial charge on any atom is -0.405 e. The quantitative estimate of drug-likeness (QED) is 0.818. The van der Waals surface area contributed by atoms with E-state index in [0.717, 1.165) is 6.07 Å². The molecule has 0 bridgehead atoms. The maximum Gasteiger partial charge on any atom is 0.573 e. The Balaban J connectivity index is 2.41. The zero-order valence-corrected chi connectivity index (χ0v) is 11.0. The van der Waals surface area contributed by atoms with Crippen molar-refractivity contribution >= 4 is 11.5 Å². The molecule has 2 rings (SSSR count). The number of aliphatic hydroxyl groups is 1. The van der Waals surface area contributed by atoms with Gasteiger partial charge in [-0.3, -0.25) is 4.79 Å². The van der Waals surface area contributed by atoms with Gasteiger partial charge in [-0.05, 0) is 25.0 Å². The number of Topliss-reactive ketones (excluding diaryl/α,β-unsaturated/α-hetero) is 1. The summed E-state index contributed by atoms with van der Waals surface area (Å²) >= 11 is 0. The largest absolute Gasteiger partial charge is 0.573 e. The summed E-state index contributed by atoms with van der Waals surface area (Å²) in [6.07, 6.45) is -3.46. The average molecular weight is 301 g/mol. The Labute approximate surface area is 119 Å². The zero-order valence-electron chi connectivity index (χ0n) is 11.0. The first-order valence-electron chi connectivity index (χ1n) is 6.32. The molecule has 4 nitrogen and oxygen atoms in total. The number of rotatable bonds is 5. The number of aliphatic hydroxyl groups excluding tert-OH is 1. The fourth-order valence-corrected chi connectivity index (χ4v) is 1.95. The molecule has 1 aliphatic rings. The summed E-state index contributed by atoms with van der Waals surface area (Å²) in [5.41, 5.74) is 5.47. The molecule has 0 unspecified atom stereocenters. The minimum atomic E-state index is -4.86. The highest BCUT2D eigenvalue weighted by atomic mass is 19.4. The lowest BCUT2D eigenvalue weighted by Crippen LogP contribution is -2.20. The van der Waals surface area contributed by atoms with E-state index in [1.165, 1.54) is 18.2 Å². The van der Waals surface area contributed by atoms with E-state index in [9.17, 15) is 23.1 Å². The van der Waals surface area contributed by atoms with E-state index in [1.807, 2.05) is 0 Å². The van der Waals surface area contributed by atoms with Crippen LogP contribution in [-0.4, -0.2) is 23.9 Å². The lowest BCUT2D eigenvalue weighted by atomic mass is 10.0. The van der Waals surface area contributed by atoms with Crippen LogP contribution in [0, 0.1) is 5.92 Å². The van der Waals surface area contributed by atoms with Crippen LogP contribution in [0.15, 0.2) is 29.8 Å². The highest BCUT2D eigenvalue weighted by Gasteiger charge is 2.35. The van der Waals surface area contributed by atoms with Crippen molar-refractivity contribution in [2.75, 3.05) is 6.61 Å². The third-order valence-electron chi connectivity index (χ3n) is 3.13. The summed E-state index contributed by atoms with van der Waals surface area (Å²) in [4.78, 5) is 12.0. The van der Waals surface area contributed by atoms with E-state index in [2.05, 4.69) is 4.74 Å². The van der Waals surface area contributed by atoms with Gasteiger partial charge in [-0.1, -0.05) is 12.1 Å². The Kier molecular flexibility index (Phi) is 4.22. The number of halogens is 3. The molecule has 3 N–H and O–H groups in total. The molecule has 0 aromatic heterocycles. The molecule has 1 saturated carbocycles. The number of hydrogen-bond donors (Lipinski definition) is 2. The van der Waals surface area contributed by atoms with Gasteiger partial charge in [0.2, 0.25) is 0 Å². The number of nitrogens with two attached hydrogens (primary N) is 1. The standard InChI is InChI=1S/C14H14F3NO3/c15-14(16,17)21-11-4-2-1-3-9(11)12(18)10(7-19)13(20)8-5-6-8/h1-4,8,19H,5-7,18H2. The van der Waals surface area contributed by atoms with Crippen molar-refractivity contribution in [3.8, 4) is 5.75 Å². The first kappa shape index (κ1) is 15.4. The van der Waals surface area contributed by atoms with Gasteiger partial charge in [0.05, 0.1) is 12.3 Å². The highest BCUT2D eigenvalue weighted by Crippen LogP contribution is 2.35. The minimum absolute atomic E-state index is 0.0622. The van der Waals surface area contributed by atoms with Crippen LogP contribution >= 0.6 is 0 Å². The van der Waals surface area contributed by atoms with Crippen LogP contribution in [0.3, 0.4) is 0 Å². The van der Waals surface area contributed by atoms with Crippen LogP contribution < -0.4 is 10.5 Å². The Bertz CT molecular complexity index is 577. The van der Waals surface area contributed by atoms with Gasteiger partial charge in [0.15, 0.2) is 5.78 Å². The zero-order chi connectivity index (χ0) is 15.6. The van der Waals surface area contributed by atoms with E-state index in [-0.39, 0.29) is 28.5 Å². The number of hydrogen-bond acceptors (Lipinski definition) is 4. The van der Waals surface area contributed by atoms with Crippen molar-refractivity contribution in [2.45, 2.75) is 19.2 Å². The topological polar surface area (TPSA) is 72.5 Å². The second-order valence-electron chi connectivity index (χ2n) is 4.73. The number of carbonyl (C=O) groups excluding carboxylic acids is 1. The van der Waals surface area contributed by atoms with Gasteiger partial charge in [-0.25, -0.2) is 0 Å². The van der Waals surface area contributed by atoms with Crippen molar-refractivity contribution < 1.29 is 27.8 Å². The molecule has 1 aromatic rings. The predicted octanol–water partition coefficient (Wildman–Crippen LogP) is 2.23. The molecule has 21 heavy (non-hydrogen) atoms. The third kappa shape index (κ3) is 3.75. The molecule has 0 heterocycles. The summed E-state index contributed by atoms with van der Waals surface area (Å²) < 4.78 is 41.0. The van der Waals surface area contributed by atoms with Crippen molar-refractivity contribution in [1.82, 2.24) is 0 Å². The van der Waals surface area contributed by atoms with Crippen molar-refractivity contribution in [3.05, 3.63) is 35.4 Å². The normalized spacial score (nSPS) is 16.4. The number of ketones is 1. The second kappa shape index (κ2) is 5.77. The van der Waals surface area contributed by atoms with Crippen LogP contribution in [0.2, 0.25) is 0 Å². The van der Waals surface area contributed by atoms with Gasteiger partial charge in [0, 0.05) is 17.1 Å². The van der Waals surface area contributed by atoms with Crippen LogP contribution in [0.25, 0.3) is 5.70 Å². The van der Waals surface area contributed by atoms with Gasteiger partial charge < -0.3 is 15.6 Å². The molecule has 114 valence electrons. The Morgan fingerprint density at radius 1 is 1.33 bits per heavy atom. The summed E-state index contributed by atoms with van der Waals surface area (Å²) in [6.45, 7) is -0.623. The van der Waals surface area contributed by atoms with Gasteiger partial charge in [-0.15, -0.1) is 13.2 Å².